The SMILES string of the molecule is Cc1ccc(Cc2nn3c(-c4ccc(N)s4)nnc3[nH]c2=O)cc1. The Bertz CT molecular complexity index is 1080. The average Bonchev–Trinajstić information content (AvgIpc) is 3.16. The minimum absolute atomic E-state index is 0.257. The van der Waals surface area contributed by atoms with Crippen LogP contribution in [0.5, 0.6) is 0 Å². The molecule has 0 unspecified atom stereocenters. The van der Waals surface area contributed by atoms with Gasteiger partial charge in [-0.3, -0.25) is 9.78 Å². The predicted octanol–water partition coefficient (Wildman–Crippen LogP) is 2.02. The molecule has 0 bridgehead atoms. The molecular weight excluding hydrogens is 324 g/mol. The smallest absolute Gasteiger partial charge is 0.274 e. The number of aromatic amines is 1. The van der Waals surface area contributed by atoms with Crippen LogP contribution in [0.25, 0.3) is 16.5 Å². The topological polar surface area (TPSA) is 102 Å². The second-order valence-corrected chi connectivity index (χ2v) is 6.64. The first-order valence-corrected chi connectivity index (χ1v) is 8.17. The number of anilines is 1. The highest BCUT2D eigenvalue weighted by molar-refractivity contribution is 7.19. The second kappa shape index (κ2) is 5.57. The molecule has 4 rings (SSSR count). The molecule has 0 saturated heterocycles. The standard InChI is InChI=1S/C16H14N6OS/c1-9-2-4-10(5-3-9)8-11-15(23)18-16-20-19-14(22(16)21-11)12-6-7-13(17)24-12/h2-7H,8,17H2,1H3,(H,18,20,23). The van der Waals surface area contributed by atoms with E-state index < -0.39 is 0 Å². The van der Waals surface area contributed by atoms with Gasteiger partial charge >= 0.3 is 0 Å². The summed E-state index contributed by atoms with van der Waals surface area (Å²) in [5.74, 6) is 0.878. The molecule has 0 saturated carbocycles. The number of aryl methyl sites for hydroxylation is 1. The number of benzene rings is 1. The molecule has 4 aromatic rings. The molecule has 7 nitrogen and oxygen atoms in total. The zero-order valence-corrected chi connectivity index (χ0v) is 13.7. The lowest BCUT2D eigenvalue weighted by molar-refractivity contribution is 0.830. The lowest BCUT2D eigenvalue weighted by Gasteiger charge is -2.03. The van der Waals surface area contributed by atoms with Crippen molar-refractivity contribution in [3.63, 3.8) is 0 Å². The normalized spacial score (nSPS) is 11.2. The molecule has 0 aliphatic rings. The van der Waals surface area contributed by atoms with E-state index in [2.05, 4.69) is 20.3 Å². The second-order valence-electron chi connectivity index (χ2n) is 5.52. The van der Waals surface area contributed by atoms with E-state index in [1.807, 2.05) is 37.3 Å². The molecule has 24 heavy (non-hydrogen) atoms. The number of nitrogen functional groups attached to an aromatic ring is 1. The first kappa shape index (κ1) is 14.6. The molecule has 0 atom stereocenters. The number of hydrogen-bond donors (Lipinski definition) is 2. The molecule has 0 spiro atoms. The van der Waals surface area contributed by atoms with Gasteiger partial charge in [-0.2, -0.15) is 9.61 Å². The van der Waals surface area contributed by atoms with Crippen molar-refractivity contribution in [3.8, 4) is 10.7 Å². The third-order valence-corrected chi connectivity index (χ3v) is 4.60. The monoisotopic (exact) mass is 338 g/mol. The number of nitrogens with one attached hydrogen (secondary N) is 1. The Kier molecular flexibility index (Phi) is 3.39. The summed E-state index contributed by atoms with van der Waals surface area (Å²) < 4.78 is 1.55. The van der Waals surface area contributed by atoms with Gasteiger partial charge in [0.25, 0.3) is 11.3 Å². The third kappa shape index (κ3) is 2.56. The van der Waals surface area contributed by atoms with Crippen LogP contribution >= 0.6 is 11.3 Å². The molecule has 3 N–H and O–H groups in total. The molecule has 1 aromatic carbocycles. The van der Waals surface area contributed by atoms with E-state index in [1.165, 1.54) is 16.9 Å². The molecule has 120 valence electrons. The zero-order valence-electron chi connectivity index (χ0n) is 12.9. The summed E-state index contributed by atoms with van der Waals surface area (Å²) >= 11 is 1.40. The lowest BCUT2D eigenvalue weighted by atomic mass is 10.1. The Balaban J connectivity index is 1.80. The average molecular weight is 338 g/mol. The van der Waals surface area contributed by atoms with Gasteiger partial charge in [-0.1, -0.05) is 29.8 Å². The number of aromatic nitrogens is 5. The maximum Gasteiger partial charge on any atom is 0.274 e. The van der Waals surface area contributed by atoms with Gasteiger partial charge < -0.3 is 5.73 Å². The highest BCUT2D eigenvalue weighted by Gasteiger charge is 2.14. The first-order valence-electron chi connectivity index (χ1n) is 7.36. The van der Waals surface area contributed by atoms with Crippen LogP contribution in [-0.2, 0) is 6.42 Å². The summed E-state index contributed by atoms with van der Waals surface area (Å²) in [7, 11) is 0. The first-order chi connectivity index (χ1) is 11.6. The highest BCUT2D eigenvalue weighted by atomic mass is 32.1. The van der Waals surface area contributed by atoms with Crippen LogP contribution in [-0.4, -0.2) is 24.8 Å². The number of nitrogens with zero attached hydrogens (tertiary/aromatic N) is 4. The van der Waals surface area contributed by atoms with Gasteiger partial charge in [-0.05, 0) is 24.6 Å². The van der Waals surface area contributed by atoms with Crippen molar-refractivity contribution >= 4 is 22.1 Å². The van der Waals surface area contributed by atoms with Crippen LogP contribution < -0.4 is 11.3 Å². The largest absolute Gasteiger partial charge is 0.391 e. The van der Waals surface area contributed by atoms with Crippen molar-refractivity contribution in [2.45, 2.75) is 13.3 Å². The molecule has 0 aliphatic carbocycles. The van der Waals surface area contributed by atoms with Gasteiger partial charge in [0.2, 0.25) is 0 Å². The molecule has 0 aliphatic heterocycles. The number of nitrogens with two attached hydrogens (primary N) is 1. The summed E-state index contributed by atoms with van der Waals surface area (Å²) in [6.45, 7) is 2.02. The maximum atomic E-state index is 12.2. The Morgan fingerprint density at radius 1 is 1.17 bits per heavy atom. The van der Waals surface area contributed by atoms with Crippen LogP contribution in [0.1, 0.15) is 16.8 Å². The molecule has 8 heteroatoms. The van der Waals surface area contributed by atoms with E-state index in [0.717, 1.165) is 10.4 Å². The minimum atomic E-state index is -0.257. The van der Waals surface area contributed by atoms with Crippen molar-refractivity contribution in [2.75, 3.05) is 5.73 Å². The van der Waals surface area contributed by atoms with Gasteiger partial charge in [0.1, 0.15) is 5.69 Å². The highest BCUT2D eigenvalue weighted by Crippen LogP contribution is 2.27. The van der Waals surface area contributed by atoms with E-state index >= 15 is 0 Å². The van der Waals surface area contributed by atoms with Crippen LogP contribution in [0.15, 0.2) is 41.2 Å². The fraction of sp³-hybridized carbons (Fsp3) is 0.125. The molecule has 0 radical (unpaired) electrons. The van der Waals surface area contributed by atoms with E-state index in [1.54, 1.807) is 10.6 Å². The Hall–Kier alpha value is -3.00. The molecule has 0 fully saturated rings. The summed E-state index contributed by atoms with van der Waals surface area (Å²) in [6.07, 6.45) is 0.440. The van der Waals surface area contributed by atoms with E-state index in [9.17, 15) is 4.79 Å². The van der Waals surface area contributed by atoms with Crippen molar-refractivity contribution < 1.29 is 0 Å². The van der Waals surface area contributed by atoms with Gasteiger partial charge in [-0.25, -0.2) is 0 Å². The van der Waals surface area contributed by atoms with Crippen molar-refractivity contribution in [1.82, 2.24) is 24.8 Å². The lowest BCUT2D eigenvalue weighted by Crippen LogP contribution is -2.19. The van der Waals surface area contributed by atoms with Crippen molar-refractivity contribution in [3.05, 3.63) is 63.6 Å². The number of hydrogen-bond acceptors (Lipinski definition) is 6. The number of rotatable bonds is 3. The van der Waals surface area contributed by atoms with Gasteiger partial charge in [0.15, 0.2) is 5.82 Å². The molecule has 3 aromatic heterocycles. The van der Waals surface area contributed by atoms with E-state index in [4.69, 9.17) is 5.73 Å². The van der Waals surface area contributed by atoms with Crippen molar-refractivity contribution in [1.29, 1.82) is 0 Å². The van der Waals surface area contributed by atoms with Crippen LogP contribution in [0, 0.1) is 6.92 Å². The van der Waals surface area contributed by atoms with Crippen LogP contribution in [0.2, 0.25) is 0 Å². The van der Waals surface area contributed by atoms with E-state index in [0.29, 0.717) is 28.7 Å². The van der Waals surface area contributed by atoms with Crippen LogP contribution in [0.4, 0.5) is 5.00 Å². The zero-order chi connectivity index (χ0) is 16.7. The molecular formula is C16H14N6OS. The minimum Gasteiger partial charge on any atom is -0.391 e. The third-order valence-electron chi connectivity index (χ3n) is 3.69. The summed E-state index contributed by atoms with van der Waals surface area (Å²) in [4.78, 5) is 15.8. The quantitative estimate of drug-likeness (QED) is 0.595. The predicted molar refractivity (Wildman–Crippen MR) is 93.1 cm³/mol. The van der Waals surface area contributed by atoms with Gasteiger partial charge in [0, 0.05) is 6.42 Å². The number of thiophene rings is 1. The fourth-order valence-corrected chi connectivity index (χ4v) is 3.18. The van der Waals surface area contributed by atoms with Crippen LogP contribution in [0.3, 0.4) is 0 Å². The summed E-state index contributed by atoms with van der Waals surface area (Å²) in [5.41, 5.74) is 8.13. The van der Waals surface area contributed by atoms with E-state index in [-0.39, 0.29) is 5.56 Å². The maximum absolute atomic E-state index is 12.2. The molecule has 0 amide bonds. The summed E-state index contributed by atoms with van der Waals surface area (Å²) in [5, 5.41) is 13.2. The number of fused-ring (bicyclic) bond motifs is 1. The Morgan fingerprint density at radius 3 is 2.67 bits per heavy atom. The van der Waals surface area contributed by atoms with Gasteiger partial charge in [0.05, 0.1) is 9.88 Å². The number of H-pyrrole nitrogens is 1. The Labute approximate surface area is 140 Å². The van der Waals surface area contributed by atoms with Crippen molar-refractivity contribution in [2.24, 2.45) is 0 Å². The Morgan fingerprint density at radius 2 is 1.96 bits per heavy atom. The fourth-order valence-electron chi connectivity index (χ4n) is 2.43. The summed E-state index contributed by atoms with van der Waals surface area (Å²) in [6, 6.07) is 11.7. The van der Waals surface area contributed by atoms with Gasteiger partial charge in [-0.15, -0.1) is 21.5 Å². The molecule has 3 heterocycles.